The third kappa shape index (κ3) is 3.85. The molecule has 0 amide bonds. The highest BCUT2D eigenvalue weighted by Gasteiger charge is 2.17. The number of anilines is 1. The van der Waals surface area contributed by atoms with E-state index < -0.39 is 5.97 Å². The summed E-state index contributed by atoms with van der Waals surface area (Å²) in [6.45, 7) is 5.41. The SMILES string of the molecule is CC1=CC(C)CC(CNc2ccc(C(=O)O)cc2)C1. The lowest BCUT2D eigenvalue weighted by Crippen LogP contribution is -2.20. The van der Waals surface area contributed by atoms with E-state index in [2.05, 4.69) is 25.2 Å². The van der Waals surface area contributed by atoms with Gasteiger partial charge in [-0.05, 0) is 55.9 Å². The first-order chi connectivity index (χ1) is 9.04. The maximum atomic E-state index is 10.8. The zero-order chi connectivity index (χ0) is 13.8. The monoisotopic (exact) mass is 259 g/mol. The Hall–Kier alpha value is -1.77. The molecule has 2 N–H and O–H groups in total. The Morgan fingerprint density at radius 2 is 2.05 bits per heavy atom. The molecule has 102 valence electrons. The van der Waals surface area contributed by atoms with E-state index in [0.29, 0.717) is 17.4 Å². The molecule has 1 aromatic carbocycles. The number of benzene rings is 1. The van der Waals surface area contributed by atoms with Crippen molar-refractivity contribution in [2.75, 3.05) is 11.9 Å². The van der Waals surface area contributed by atoms with Crippen molar-refractivity contribution in [2.45, 2.75) is 26.7 Å². The second-order valence-corrected chi connectivity index (χ2v) is 5.56. The van der Waals surface area contributed by atoms with Gasteiger partial charge in [-0.25, -0.2) is 4.79 Å². The summed E-state index contributed by atoms with van der Waals surface area (Å²) < 4.78 is 0. The van der Waals surface area contributed by atoms with Crippen molar-refractivity contribution in [1.29, 1.82) is 0 Å². The molecule has 0 heterocycles. The fourth-order valence-electron chi connectivity index (χ4n) is 2.83. The van der Waals surface area contributed by atoms with Gasteiger partial charge in [0, 0.05) is 12.2 Å². The predicted octanol–water partition coefficient (Wildman–Crippen LogP) is 3.79. The molecule has 0 aliphatic heterocycles. The van der Waals surface area contributed by atoms with Crippen molar-refractivity contribution in [3.05, 3.63) is 41.5 Å². The van der Waals surface area contributed by atoms with Crippen molar-refractivity contribution >= 4 is 11.7 Å². The first kappa shape index (κ1) is 13.7. The number of hydrogen-bond acceptors (Lipinski definition) is 2. The molecule has 0 bridgehead atoms. The van der Waals surface area contributed by atoms with Crippen LogP contribution in [-0.2, 0) is 0 Å². The Kier molecular flexibility index (Phi) is 4.25. The second kappa shape index (κ2) is 5.91. The summed E-state index contributed by atoms with van der Waals surface area (Å²) >= 11 is 0. The molecule has 0 saturated heterocycles. The number of rotatable bonds is 4. The molecule has 2 unspecified atom stereocenters. The van der Waals surface area contributed by atoms with E-state index in [1.165, 1.54) is 12.0 Å². The van der Waals surface area contributed by atoms with Crippen LogP contribution >= 0.6 is 0 Å². The van der Waals surface area contributed by atoms with Gasteiger partial charge in [0.15, 0.2) is 0 Å². The summed E-state index contributed by atoms with van der Waals surface area (Å²) in [6.07, 6.45) is 4.74. The molecule has 0 spiro atoms. The highest BCUT2D eigenvalue weighted by molar-refractivity contribution is 5.87. The van der Waals surface area contributed by atoms with E-state index in [4.69, 9.17) is 5.11 Å². The third-order valence-corrected chi connectivity index (χ3v) is 3.61. The third-order valence-electron chi connectivity index (χ3n) is 3.61. The topological polar surface area (TPSA) is 49.3 Å². The molecule has 0 saturated carbocycles. The summed E-state index contributed by atoms with van der Waals surface area (Å²) in [5.41, 5.74) is 2.80. The lowest BCUT2D eigenvalue weighted by Gasteiger charge is -2.26. The van der Waals surface area contributed by atoms with Crippen LogP contribution in [0.1, 0.15) is 37.0 Å². The lowest BCUT2D eigenvalue weighted by atomic mass is 9.84. The van der Waals surface area contributed by atoms with Crippen molar-refractivity contribution in [1.82, 2.24) is 0 Å². The quantitative estimate of drug-likeness (QED) is 0.809. The Bertz CT molecular complexity index is 476. The van der Waals surface area contributed by atoms with E-state index >= 15 is 0 Å². The molecule has 19 heavy (non-hydrogen) atoms. The van der Waals surface area contributed by atoms with Gasteiger partial charge in [0.25, 0.3) is 0 Å². The number of carboxylic acids is 1. The standard InChI is InChI=1S/C16H21NO2/c1-11-7-12(2)9-13(8-11)10-17-15-5-3-14(4-6-15)16(18)19/h3-7,11,13,17H,8-10H2,1-2H3,(H,18,19). The number of aromatic carboxylic acids is 1. The molecule has 0 radical (unpaired) electrons. The maximum Gasteiger partial charge on any atom is 0.335 e. The summed E-state index contributed by atoms with van der Waals surface area (Å²) in [5, 5.41) is 12.2. The van der Waals surface area contributed by atoms with Crippen molar-refractivity contribution in [3.8, 4) is 0 Å². The smallest absolute Gasteiger partial charge is 0.335 e. The second-order valence-electron chi connectivity index (χ2n) is 5.56. The van der Waals surface area contributed by atoms with Gasteiger partial charge in [0.05, 0.1) is 5.56 Å². The minimum atomic E-state index is -0.881. The van der Waals surface area contributed by atoms with E-state index in [1.807, 2.05) is 12.1 Å². The minimum Gasteiger partial charge on any atom is -0.478 e. The average Bonchev–Trinajstić information content (AvgIpc) is 2.36. The van der Waals surface area contributed by atoms with Crippen LogP contribution in [0.5, 0.6) is 0 Å². The summed E-state index contributed by atoms with van der Waals surface area (Å²) in [7, 11) is 0. The number of hydrogen-bond donors (Lipinski definition) is 2. The number of nitrogens with one attached hydrogen (secondary N) is 1. The van der Waals surface area contributed by atoms with Gasteiger partial charge < -0.3 is 10.4 Å². The van der Waals surface area contributed by atoms with Gasteiger partial charge in [-0.3, -0.25) is 0 Å². The molecular formula is C16H21NO2. The molecule has 1 aromatic rings. The van der Waals surface area contributed by atoms with Gasteiger partial charge in [0.2, 0.25) is 0 Å². The van der Waals surface area contributed by atoms with Crippen LogP contribution < -0.4 is 5.32 Å². The predicted molar refractivity (Wildman–Crippen MR) is 77.5 cm³/mol. The summed E-state index contributed by atoms with van der Waals surface area (Å²) in [4.78, 5) is 10.8. The Morgan fingerprint density at radius 3 is 2.63 bits per heavy atom. The van der Waals surface area contributed by atoms with Gasteiger partial charge >= 0.3 is 5.97 Å². The minimum absolute atomic E-state index is 0.329. The van der Waals surface area contributed by atoms with Crippen LogP contribution in [0.3, 0.4) is 0 Å². The van der Waals surface area contributed by atoms with E-state index in [-0.39, 0.29) is 0 Å². The molecule has 3 nitrogen and oxygen atoms in total. The fourth-order valence-corrected chi connectivity index (χ4v) is 2.83. The fraction of sp³-hybridized carbons (Fsp3) is 0.438. The van der Waals surface area contributed by atoms with Gasteiger partial charge in [0.1, 0.15) is 0 Å². The highest BCUT2D eigenvalue weighted by atomic mass is 16.4. The molecule has 1 aliphatic carbocycles. The van der Waals surface area contributed by atoms with Crippen molar-refractivity contribution in [2.24, 2.45) is 11.8 Å². The molecule has 1 aliphatic rings. The normalized spacial score (nSPS) is 22.7. The zero-order valence-electron chi connectivity index (χ0n) is 11.5. The van der Waals surface area contributed by atoms with E-state index in [9.17, 15) is 4.79 Å². The molecule has 0 fully saturated rings. The van der Waals surface area contributed by atoms with E-state index in [1.54, 1.807) is 12.1 Å². The van der Waals surface area contributed by atoms with Crippen LogP contribution in [-0.4, -0.2) is 17.6 Å². The first-order valence-corrected chi connectivity index (χ1v) is 6.79. The lowest BCUT2D eigenvalue weighted by molar-refractivity contribution is 0.0697. The van der Waals surface area contributed by atoms with Gasteiger partial charge in [-0.15, -0.1) is 0 Å². The number of allylic oxidation sites excluding steroid dienone is 2. The molecule has 0 aromatic heterocycles. The Morgan fingerprint density at radius 1 is 1.37 bits per heavy atom. The van der Waals surface area contributed by atoms with Crippen LogP contribution in [0, 0.1) is 11.8 Å². The van der Waals surface area contributed by atoms with Gasteiger partial charge in [-0.2, -0.15) is 0 Å². The van der Waals surface area contributed by atoms with Crippen molar-refractivity contribution < 1.29 is 9.90 Å². The van der Waals surface area contributed by atoms with E-state index in [0.717, 1.165) is 18.7 Å². The molecule has 3 heteroatoms. The number of carbonyl (C=O) groups is 1. The maximum absolute atomic E-state index is 10.8. The summed E-state index contributed by atoms with van der Waals surface area (Å²) in [6, 6.07) is 6.94. The number of carboxylic acid groups (broad SMARTS) is 1. The van der Waals surface area contributed by atoms with Crippen molar-refractivity contribution in [3.63, 3.8) is 0 Å². The van der Waals surface area contributed by atoms with Crippen LogP contribution in [0.2, 0.25) is 0 Å². The Labute approximate surface area is 114 Å². The molecular weight excluding hydrogens is 238 g/mol. The molecule has 2 atom stereocenters. The first-order valence-electron chi connectivity index (χ1n) is 6.79. The summed E-state index contributed by atoms with van der Waals surface area (Å²) in [5.74, 6) is 0.447. The van der Waals surface area contributed by atoms with Crippen LogP contribution in [0.4, 0.5) is 5.69 Å². The molecule has 2 rings (SSSR count). The largest absolute Gasteiger partial charge is 0.478 e. The highest BCUT2D eigenvalue weighted by Crippen LogP contribution is 2.28. The van der Waals surface area contributed by atoms with Gasteiger partial charge in [-0.1, -0.05) is 18.6 Å². The van der Waals surface area contributed by atoms with Crippen LogP contribution in [0.25, 0.3) is 0 Å². The Balaban J connectivity index is 1.89. The zero-order valence-corrected chi connectivity index (χ0v) is 11.5. The van der Waals surface area contributed by atoms with Crippen LogP contribution in [0.15, 0.2) is 35.9 Å². The average molecular weight is 259 g/mol.